The molecule has 0 saturated carbocycles. The van der Waals surface area contributed by atoms with Gasteiger partial charge in [0.05, 0.1) is 5.69 Å². The lowest BCUT2D eigenvalue weighted by Crippen LogP contribution is -2.01. The molecule has 2 N–H and O–H groups in total. The number of hydrogen-bond donors (Lipinski definition) is 2. The lowest BCUT2D eigenvalue weighted by atomic mass is 10.1. The molecule has 0 aliphatic heterocycles. The fourth-order valence-electron chi connectivity index (χ4n) is 2.05. The molecule has 0 fully saturated rings. The van der Waals surface area contributed by atoms with Crippen LogP contribution >= 0.6 is 0 Å². The molecule has 1 aromatic carbocycles. The molecular weight excluding hydrogens is 248 g/mol. The van der Waals surface area contributed by atoms with E-state index in [0.29, 0.717) is 0 Å². The van der Waals surface area contributed by atoms with Crippen molar-refractivity contribution in [2.45, 2.75) is 13.5 Å². The molecule has 0 aliphatic rings. The van der Waals surface area contributed by atoms with Crippen LogP contribution in [0.1, 0.15) is 11.3 Å². The first-order valence-corrected chi connectivity index (χ1v) is 6.57. The van der Waals surface area contributed by atoms with Gasteiger partial charge in [-0.1, -0.05) is 30.3 Å². The van der Waals surface area contributed by atoms with Gasteiger partial charge < -0.3 is 5.32 Å². The first-order valence-electron chi connectivity index (χ1n) is 6.57. The van der Waals surface area contributed by atoms with Crippen LogP contribution in [0.2, 0.25) is 0 Å². The monoisotopic (exact) mass is 264 g/mol. The number of aromatic amines is 1. The Labute approximate surface area is 117 Å². The van der Waals surface area contributed by atoms with Gasteiger partial charge in [-0.15, -0.1) is 0 Å². The molecular formula is C16H16N4. The molecule has 0 spiro atoms. The van der Waals surface area contributed by atoms with Crippen molar-refractivity contribution in [2.24, 2.45) is 0 Å². The quantitative estimate of drug-likeness (QED) is 0.759. The van der Waals surface area contributed by atoms with Gasteiger partial charge >= 0.3 is 0 Å². The molecule has 0 amide bonds. The number of aryl methyl sites for hydroxylation is 1. The number of nitrogens with zero attached hydrogens (tertiary/aromatic N) is 2. The first kappa shape index (κ1) is 12.4. The second kappa shape index (κ2) is 5.57. The van der Waals surface area contributed by atoms with Crippen molar-refractivity contribution in [3.63, 3.8) is 0 Å². The first-order chi connectivity index (χ1) is 9.81. The average Bonchev–Trinajstić information content (AvgIpc) is 3.00. The molecule has 0 atom stereocenters. The molecule has 2 heterocycles. The van der Waals surface area contributed by atoms with Crippen LogP contribution in [0.3, 0.4) is 0 Å². The molecule has 0 radical (unpaired) electrons. The largest absolute Gasteiger partial charge is 0.366 e. The van der Waals surface area contributed by atoms with Crippen molar-refractivity contribution in [3.05, 3.63) is 66.0 Å². The van der Waals surface area contributed by atoms with Crippen LogP contribution in [0.15, 0.2) is 54.7 Å². The highest BCUT2D eigenvalue weighted by Crippen LogP contribution is 2.17. The Bertz CT molecular complexity index is 672. The molecule has 4 nitrogen and oxygen atoms in total. The summed E-state index contributed by atoms with van der Waals surface area (Å²) in [5, 5.41) is 10.2. The van der Waals surface area contributed by atoms with Crippen LogP contribution in [0.5, 0.6) is 0 Å². The van der Waals surface area contributed by atoms with Gasteiger partial charge in [0.2, 0.25) is 0 Å². The maximum atomic E-state index is 4.42. The molecule has 3 rings (SSSR count). The van der Waals surface area contributed by atoms with Crippen LogP contribution in [0, 0.1) is 6.92 Å². The third-order valence-corrected chi connectivity index (χ3v) is 3.13. The summed E-state index contributed by atoms with van der Waals surface area (Å²) in [5.41, 5.74) is 4.41. The van der Waals surface area contributed by atoms with Gasteiger partial charge in [-0.2, -0.15) is 5.10 Å². The van der Waals surface area contributed by atoms with Gasteiger partial charge in [-0.25, -0.2) is 4.98 Å². The predicted octanol–water partition coefficient (Wildman–Crippen LogP) is 3.39. The summed E-state index contributed by atoms with van der Waals surface area (Å²) in [5.74, 6) is 0.905. The zero-order valence-corrected chi connectivity index (χ0v) is 11.3. The molecule has 4 heteroatoms. The van der Waals surface area contributed by atoms with Crippen molar-refractivity contribution >= 4 is 5.82 Å². The number of benzene rings is 1. The van der Waals surface area contributed by atoms with E-state index in [1.807, 2.05) is 31.2 Å². The molecule has 0 unspecified atom stereocenters. The van der Waals surface area contributed by atoms with Gasteiger partial charge in [0.1, 0.15) is 5.82 Å². The smallest absolute Gasteiger partial charge is 0.126 e. The number of aromatic nitrogens is 3. The number of rotatable bonds is 4. The highest BCUT2D eigenvalue weighted by Gasteiger charge is 1.99. The van der Waals surface area contributed by atoms with E-state index in [2.05, 4.69) is 44.8 Å². The minimum atomic E-state index is 0.764. The van der Waals surface area contributed by atoms with E-state index < -0.39 is 0 Å². The van der Waals surface area contributed by atoms with Crippen molar-refractivity contribution in [2.75, 3.05) is 5.32 Å². The van der Waals surface area contributed by atoms with Crippen LogP contribution in [0.25, 0.3) is 11.3 Å². The maximum absolute atomic E-state index is 4.42. The molecule has 2 aromatic heterocycles. The zero-order valence-electron chi connectivity index (χ0n) is 11.3. The topological polar surface area (TPSA) is 53.6 Å². The van der Waals surface area contributed by atoms with Crippen molar-refractivity contribution in [1.82, 2.24) is 15.2 Å². The summed E-state index contributed by atoms with van der Waals surface area (Å²) in [6.45, 7) is 2.75. The van der Waals surface area contributed by atoms with E-state index in [4.69, 9.17) is 0 Å². The Hall–Kier alpha value is -2.62. The van der Waals surface area contributed by atoms with Crippen molar-refractivity contribution in [3.8, 4) is 11.3 Å². The number of H-pyrrole nitrogens is 1. The molecule has 0 saturated heterocycles. The Morgan fingerprint density at radius 2 is 1.90 bits per heavy atom. The fraction of sp³-hybridized carbons (Fsp3) is 0.125. The third-order valence-electron chi connectivity index (χ3n) is 3.13. The van der Waals surface area contributed by atoms with Gasteiger partial charge in [-0.3, -0.25) is 5.10 Å². The Morgan fingerprint density at radius 1 is 1.05 bits per heavy atom. The Kier molecular flexibility index (Phi) is 3.46. The van der Waals surface area contributed by atoms with E-state index in [9.17, 15) is 0 Å². The molecule has 0 aliphatic carbocycles. The number of nitrogens with one attached hydrogen (secondary N) is 2. The fourth-order valence-corrected chi connectivity index (χ4v) is 2.05. The van der Waals surface area contributed by atoms with Gasteiger partial charge in [0.25, 0.3) is 0 Å². The zero-order chi connectivity index (χ0) is 13.8. The van der Waals surface area contributed by atoms with E-state index in [1.165, 1.54) is 5.56 Å². The van der Waals surface area contributed by atoms with Crippen LogP contribution in [-0.2, 0) is 6.54 Å². The molecule has 100 valence electrons. The predicted molar refractivity (Wildman–Crippen MR) is 80.3 cm³/mol. The number of pyridine rings is 1. The van der Waals surface area contributed by atoms with E-state index >= 15 is 0 Å². The van der Waals surface area contributed by atoms with E-state index in [-0.39, 0.29) is 0 Å². The van der Waals surface area contributed by atoms with E-state index in [1.54, 1.807) is 6.20 Å². The van der Waals surface area contributed by atoms with Gasteiger partial charge in [0.15, 0.2) is 0 Å². The Morgan fingerprint density at radius 3 is 2.60 bits per heavy atom. The molecule has 20 heavy (non-hydrogen) atoms. The number of anilines is 1. The summed E-state index contributed by atoms with van der Waals surface area (Å²) < 4.78 is 0. The highest BCUT2D eigenvalue weighted by molar-refractivity contribution is 5.58. The molecule has 3 aromatic rings. The maximum Gasteiger partial charge on any atom is 0.126 e. The summed E-state index contributed by atoms with van der Waals surface area (Å²) in [6, 6.07) is 16.3. The minimum absolute atomic E-state index is 0.764. The summed E-state index contributed by atoms with van der Waals surface area (Å²) in [6.07, 6.45) is 1.76. The average molecular weight is 264 g/mol. The third kappa shape index (κ3) is 2.85. The van der Waals surface area contributed by atoms with E-state index in [0.717, 1.165) is 29.3 Å². The summed E-state index contributed by atoms with van der Waals surface area (Å²) in [4.78, 5) is 4.42. The van der Waals surface area contributed by atoms with Crippen LogP contribution in [0.4, 0.5) is 5.82 Å². The SMILES string of the molecule is Cc1cccc(NCc2ccc(-c3ccn[nH]3)cc2)n1. The van der Waals surface area contributed by atoms with Crippen molar-refractivity contribution in [1.29, 1.82) is 0 Å². The Balaban J connectivity index is 1.67. The lowest BCUT2D eigenvalue weighted by molar-refractivity contribution is 1.08. The second-order valence-electron chi connectivity index (χ2n) is 4.69. The lowest BCUT2D eigenvalue weighted by Gasteiger charge is -2.07. The highest BCUT2D eigenvalue weighted by atomic mass is 15.1. The van der Waals surface area contributed by atoms with Crippen LogP contribution < -0.4 is 5.32 Å². The normalized spacial score (nSPS) is 10.4. The van der Waals surface area contributed by atoms with Crippen molar-refractivity contribution < 1.29 is 0 Å². The second-order valence-corrected chi connectivity index (χ2v) is 4.69. The standard InChI is InChI=1S/C16H16N4/c1-12-3-2-4-16(19-12)17-11-13-5-7-14(8-6-13)15-9-10-18-20-15/h2-10H,11H2,1H3,(H,17,19)(H,18,20). The summed E-state index contributed by atoms with van der Waals surface area (Å²) >= 11 is 0. The minimum Gasteiger partial charge on any atom is -0.366 e. The van der Waals surface area contributed by atoms with Gasteiger partial charge in [0, 0.05) is 18.4 Å². The van der Waals surface area contributed by atoms with Crippen LogP contribution in [-0.4, -0.2) is 15.2 Å². The molecule has 0 bridgehead atoms. The number of hydrogen-bond acceptors (Lipinski definition) is 3. The van der Waals surface area contributed by atoms with Gasteiger partial charge in [-0.05, 0) is 36.2 Å². The summed E-state index contributed by atoms with van der Waals surface area (Å²) in [7, 11) is 0.